The highest BCUT2D eigenvalue weighted by Crippen LogP contribution is 2.51. The predicted molar refractivity (Wildman–Crippen MR) is 129 cm³/mol. The summed E-state index contributed by atoms with van der Waals surface area (Å²) in [5, 5.41) is 10.2. The molecule has 2 aromatic rings. The Bertz CT molecular complexity index is 1190. The highest BCUT2D eigenvalue weighted by molar-refractivity contribution is 7.18. The van der Waals surface area contributed by atoms with Gasteiger partial charge < -0.3 is 24.2 Å². The molecule has 1 saturated heterocycles. The minimum atomic E-state index is -1.21. The van der Waals surface area contributed by atoms with Crippen LogP contribution in [-0.2, 0) is 23.8 Å². The number of carbonyl (C=O) groups is 3. The summed E-state index contributed by atoms with van der Waals surface area (Å²) in [6, 6.07) is -0.358. The first-order valence-corrected chi connectivity index (χ1v) is 13.2. The third-order valence-electron chi connectivity index (χ3n) is 7.55. The number of β-lactam (4-membered cyclic amide) rings is 1. The first kappa shape index (κ1) is 24.8. The van der Waals surface area contributed by atoms with Crippen LogP contribution in [0, 0.1) is 17.8 Å². The maximum Gasteiger partial charge on any atom is 0.511 e. The van der Waals surface area contributed by atoms with Gasteiger partial charge in [-0.2, -0.15) is 0 Å². The van der Waals surface area contributed by atoms with Crippen LogP contribution in [0.15, 0.2) is 24.4 Å². The fourth-order valence-electron chi connectivity index (χ4n) is 5.72. The molecule has 1 saturated carbocycles. The van der Waals surface area contributed by atoms with E-state index in [2.05, 4.69) is 4.98 Å². The lowest BCUT2D eigenvalue weighted by atomic mass is 9.77. The molecule has 10 nitrogen and oxygen atoms in total. The summed E-state index contributed by atoms with van der Waals surface area (Å²) in [7, 11) is 0. The number of aliphatic hydroxyl groups excluding tert-OH is 1. The van der Waals surface area contributed by atoms with Gasteiger partial charge in [-0.1, -0.05) is 20.3 Å². The van der Waals surface area contributed by atoms with Crippen LogP contribution in [0.5, 0.6) is 0 Å². The number of imidazole rings is 1. The molecule has 2 fully saturated rings. The molecule has 0 aromatic carbocycles. The highest BCUT2D eigenvalue weighted by atomic mass is 32.1. The summed E-state index contributed by atoms with van der Waals surface area (Å²) in [4.78, 5) is 45.9. The number of esters is 1. The SMILES string of the molecule is CC(OC(=O)OC1CCCCC1C)OC(=O)C1=C(c2cn3cncc3s2)[C@H](C)[C@@H]2[C@@H]([C@@H](C)O)C(=O)N12. The number of aliphatic hydroxyl groups is 1. The summed E-state index contributed by atoms with van der Waals surface area (Å²) in [5.41, 5.74) is 0.789. The fourth-order valence-corrected chi connectivity index (χ4v) is 6.82. The van der Waals surface area contributed by atoms with Gasteiger partial charge in [-0.25, -0.2) is 14.6 Å². The lowest BCUT2D eigenvalue weighted by Gasteiger charge is -2.46. The number of amides is 1. The number of thiazole rings is 1. The molecule has 0 bridgehead atoms. The molecule has 3 aliphatic rings. The molecule has 2 aromatic heterocycles. The van der Waals surface area contributed by atoms with E-state index >= 15 is 0 Å². The van der Waals surface area contributed by atoms with Crippen molar-refractivity contribution < 1.29 is 33.7 Å². The molecule has 2 aliphatic heterocycles. The quantitative estimate of drug-likeness (QED) is 0.351. The Kier molecular flexibility index (Phi) is 6.54. The minimum Gasteiger partial charge on any atom is -0.431 e. The van der Waals surface area contributed by atoms with Crippen LogP contribution >= 0.6 is 11.3 Å². The van der Waals surface area contributed by atoms with Crippen molar-refractivity contribution in [2.24, 2.45) is 17.8 Å². The van der Waals surface area contributed by atoms with Crippen LogP contribution in [0.4, 0.5) is 4.79 Å². The fraction of sp³-hybridized carbons (Fsp3) is 0.600. The third-order valence-corrected chi connectivity index (χ3v) is 8.62. The average Bonchev–Trinajstić information content (AvgIpc) is 3.46. The second kappa shape index (κ2) is 9.51. The number of ether oxygens (including phenoxy) is 3. The Hall–Kier alpha value is -2.92. The summed E-state index contributed by atoms with van der Waals surface area (Å²) >= 11 is 1.45. The number of nitrogens with zero attached hydrogens (tertiary/aromatic N) is 3. The van der Waals surface area contributed by atoms with Gasteiger partial charge in [0.15, 0.2) is 0 Å². The second-order valence-electron chi connectivity index (χ2n) is 10.0. The lowest BCUT2D eigenvalue weighted by molar-refractivity contribution is -0.174. The zero-order valence-electron chi connectivity index (χ0n) is 20.7. The van der Waals surface area contributed by atoms with Crippen LogP contribution in [0.25, 0.3) is 10.4 Å². The Morgan fingerprint density at radius 3 is 2.64 bits per heavy atom. The lowest BCUT2D eigenvalue weighted by Crippen LogP contribution is -2.63. The van der Waals surface area contributed by atoms with E-state index in [1.54, 1.807) is 19.4 Å². The summed E-state index contributed by atoms with van der Waals surface area (Å²) in [6.45, 7) is 7.00. The zero-order valence-corrected chi connectivity index (χ0v) is 21.6. The van der Waals surface area contributed by atoms with Gasteiger partial charge >= 0.3 is 12.1 Å². The van der Waals surface area contributed by atoms with Gasteiger partial charge in [0, 0.05) is 24.6 Å². The van der Waals surface area contributed by atoms with Crippen molar-refractivity contribution in [1.29, 1.82) is 0 Å². The molecule has 1 aliphatic carbocycles. The van der Waals surface area contributed by atoms with E-state index in [-0.39, 0.29) is 35.6 Å². The number of fused-ring (bicyclic) bond motifs is 2. The normalized spacial score (nSPS) is 29.5. The minimum absolute atomic E-state index is 0.122. The molecule has 0 spiro atoms. The molecular weight excluding hydrogens is 486 g/mol. The highest BCUT2D eigenvalue weighted by Gasteiger charge is 2.60. The molecular formula is C25H31N3O7S. The maximum atomic E-state index is 13.4. The Morgan fingerprint density at radius 1 is 1.19 bits per heavy atom. The monoisotopic (exact) mass is 517 g/mol. The van der Waals surface area contributed by atoms with E-state index in [0.717, 1.165) is 35.4 Å². The van der Waals surface area contributed by atoms with Gasteiger partial charge in [0.05, 0.1) is 35.5 Å². The van der Waals surface area contributed by atoms with E-state index in [0.29, 0.717) is 5.57 Å². The maximum absolute atomic E-state index is 13.4. The second-order valence-corrected chi connectivity index (χ2v) is 11.1. The topological polar surface area (TPSA) is 120 Å². The Labute approximate surface area is 212 Å². The Balaban J connectivity index is 1.36. The number of hydrogen-bond donors (Lipinski definition) is 1. The van der Waals surface area contributed by atoms with Crippen molar-refractivity contribution in [1.82, 2.24) is 14.3 Å². The number of hydrogen-bond acceptors (Lipinski definition) is 9. The largest absolute Gasteiger partial charge is 0.511 e. The van der Waals surface area contributed by atoms with Crippen LogP contribution in [0.3, 0.4) is 0 Å². The summed E-state index contributed by atoms with van der Waals surface area (Å²) < 4.78 is 18.0. The van der Waals surface area contributed by atoms with E-state index in [4.69, 9.17) is 14.2 Å². The number of carbonyl (C=O) groups excluding carboxylic acids is 3. The number of aromatic nitrogens is 2. The third kappa shape index (κ3) is 4.17. The predicted octanol–water partition coefficient (Wildman–Crippen LogP) is 3.59. The molecule has 194 valence electrons. The van der Waals surface area contributed by atoms with Gasteiger partial charge in [0.1, 0.15) is 16.6 Å². The van der Waals surface area contributed by atoms with E-state index < -0.39 is 30.4 Å². The van der Waals surface area contributed by atoms with Crippen molar-refractivity contribution in [3.05, 3.63) is 29.3 Å². The van der Waals surface area contributed by atoms with Gasteiger partial charge in [0.2, 0.25) is 12.2 Å². The molecule has 4 heterocycles. The Morgan fingerprint density at radius 2 is 1.94 bits per heavy atom. The summed E-state index contributed by atoms with van der Waals surface area (Å²) in [6.07, 6.45) is 5.99. The molecule has 1 N–H and O–H groups in total. The standard InChI is InChI=1S/C25H31N3O7S/c1-12-7-5-6-8-16(12)35-25(32)34-15(4)33-24(31)22-19(17-10-27-11-26-9-18(27)36-17)13(2)21-20(14(3)29)23(30)28(21)22/h9-16,20-21,29H,5-8H2,1-4H3/t12?,13-,14+,15?,16?,20+,21+/m0/s1. The first-order chi connectivity index (χ1) is 17.2. The smallest absolute Gasteiger partial charge is 0.431 e. The van der Waals surface area contributed by atoms with Gasteiger partial charge in [-0.3, -0.25) is 9.20 Å². The van der Waals surface area contributed by atoms with Crippen LogP contribution in [0.2, 0.25) is 0 Å². The molecule has 3 unspecified atom stereocenters. The zero-order chi connectivity index (χ0) is 25.7. The van der Waals surface area contributed by atoms with Crippen molar-refractivity contribution in [3.8, 4) is 0 Å². The van der Waals surface area contributed by atoms with E-state index in [9.17, 15) is 19.5 Å². The van der Waals surface area contributed by atoms with E-state index in [1.165, 1.54) is 23.2 Å². The van der Waals surface area contributed by atoms with Gasteiger partial charge in [-0.15, -0.1) is 11.3 Å². The van der Waals surface area contributed by atoms with E-state index in [1.807, 2.05) is 24.4 Å². The van der Waals surface area contributed by atoms with Crippen molar-refractivity contribution in [3.63, 3.8) is 0 Å². The summed E-state index contributed by atoms with van der Waals surface area (Å²) in [5.74, 6) is -1.66. The first-order valence-electron chi connectivity index (χ1n) is 12.4. The van der Waals surface area contributed by atoms with Crippen molar-refractivity contribution >= 4 is 39.8 Å². The molecule has 7 atom stereocenters. The van der Waals surface area contributed by atoms with Gasteiger partial charge in [0.25, 0.3) is 0 Å². The van der Waals surface area contributed by atoms with Crippen LogP contribution < -0.4 is 0 Å². The van der Waals surface area contributed by atoms with Crippen LogP contribution in [0.1, 0.15) is 58.3 Å². The molecule has 11 heteroatoms. The van der Waals surface area contributed by atoms with Gasteiger partial charge in [-0.05, 0) is 32.1 Å². The average molecular weight is 518 g/mol. The molecule has 36 heavy (non-hydrogen) atoms. The molecule has 0 radical (unpaired) electrons. The van der Waals surface area contributed by atoms with Crippen molar-refractivity contribution in [2.75, 3.05) is 0 Å². The van der Waals surface area contributed by atoms with Crippen LogP contribution in [-0.4, -0.2) is 62.0 Å². The molecule has 5 rings (SSSR count). The number of rotatable bonds is 6. The molecule has 1 amide bonds. The van der Waals surface area contributed by atoms with Crippen molar-refractivity contribution in [2.45, 2.75) is 77.9 Å².